The first-order valence-electron chi connectivity index (χ1n) is 4.84. The van der Waals surface area contributed by atoms with Gasteiger partial charge in [-0.1, -0.05) is 13.8 Å². The molecule has 3 nitrogen and oxygen atoms in total. The van der Waals surface area contributed by atoms with Crippen molar-refractivity contribution in [1.82, 2.24) is 9.97 Å². The smallest absolute Gasteiger partial charge is 0.129 e. The molecule has 0 unspecified atom stereocenters. The molecule has 0 aromatic carbocycles. The van der Waals surface area contributed by atoms with Gasteiger partial charge in [-0.25, -0.2) is 9.97 Å². The summed E-state index contributed by atoms with van der Waals surface area (Å²) in [6, 6.07) is 2.71. The molecular formula is C10H15N3. The van der Waals surface area contributed by atoms with Gasteiger partial charge in [0.05, 0.1) is 0 Å². The fourth-order valence-electron chi connectivity index (χ4n) is 1.20. The zero-order valence-electron chi connectivity index (χ0n) is 8.12. The summed E-state index contributed by atoms with van der Waals surface area (Å²) in [7, 11) is 0. The second kappa shape index (κ2) is 3.32. The van der Waals surface area contributed by atoms with Gasteiger partial charge in [0.25, 0.3) is 0 Å². The van der Waals surface area contributed by atoms with Crippen molar-refractivity contribution in [2.75, 3.05) is 5.32 Å². The Kier molecular flexibility index (Phi) is 2.17. The lowest BCUT2D eigenvalue weighted by Crippen LogP contribution is -2.04. The molecule has 1 aromatic rings. The third-order valence-corrected chi connectivity index (χ3v) is 2.21. The van der Waals surface area contributed by atoms with Crippen LogP contribution in [-0.4, -0.2) is 16.0 Å². The van der Waals surface area contributed by atoms with Crippen molar-refractivity contribution in [3.05, 3.63) is 18.1 Å². The van der Waals surface area contributed by atoms with E-state index in [0.717, 1.165) is 11.5 Å². The van der Waals surface area contributed by atoms with Gasteiger partial charge in [-0.3, -0.25) is 0 Å². The minimum Gasteiger partial charge on any atom is -0.367 e. The Labute approximate surface area is 78.6 Å². The van der Waals surface area contributed by atoms with Crippen LogP contribution >= 0.6 is 0 Å². The topological polar surface area (TPSA) is 37.8 Å². The molecule has 0 bridgehead atoms. The average Bonchev–Trinajstić information content (AvgIpc) is 2.89. The molecule has 1 saturated carbocycles. The Morgan fingerprint density at radius 1 is 1.38 bits per heavy atom. The van der Waals surface area contributed by atoms with Gasteiger partial charge >= 0.3 is 0 Å². The van der Waals surface area contributed by atoms with Crippen LogP contribution in [0.5, 0.6) is 0 Å². The highest BCUT2D eigenvalue weighted by Crippen LogP contribution is 2.24. The molecule has 0 radical (unpaired) electrons. The predicted molar refractivity (Wildman–Crippen MR) is 52.8 cm³/mol. The highest BCUT2D eigenvalue weighted by molar-refractivity contribution is 5.38. The molecule has 13 heavy (non-hydrogen) atoms. The first kappa shape index (κ1) is 8.48. The normalized spacial score (nSPS) is 16.2. The van der Waals surface area contributed by atoms with E-state index < -0.39 is 0 Å². The summed E-state index contributed by atoms with van der Waals surface area (Å²) in [6.45, 7) is 4.28. The summed E-state index contributed by atoms with van der Waals surface area (Å²) in [6.07, 6.45) is 4.20. The van der Waals surface area contributed by atoms with E-state index in [1.807, 2.05) is 6.07 Å². The number of nitrogens with zero attached hydrogens (tertiary/aromatic N) is 2. The van der Waals surface area contributed by atoms with Gasteiger partial charge in [-0.15, -0.1) is 0 Å². The van der Waals surface area contributed by atoms with Crippen molar-refractivity contribution in [3.63, 3.8) is 0 Å². The van der Waals surface area contributed by atoms with Gasteiger partial charge in [0, 0.05) is 17.8 Å². The number of hydrogen-bond acceptors (Lipinski definition) is 3. The molecule has 1 N–H and O–H groups in total. The van der Waals surface area contributed by atoms with Crippen LogP contribution in [0.2, 0.25) is 0 Å². The lowest BCUT2D eigenvalue weighted by molar-refractivity contribution is 0.813. The summed E-state index contributed by atoms with van der Waals surface area (Å²) in [5, 5.41) is 3.36. The molecule has 1 aromatic heterocycles. The van der Waals surface area contributed by atoms with Crippen LogP contribution in [0, 0.1) is 0 Å². The van der Waals surface area contributed by atoms with Crippen LogP contribution in [0.15, 0.2) is 12.4 Å². The van der Waals surface area contributed by atoms with E-state index in [1.165, 1.54) is 12.8 Å². The molecular weight excluding hydrogens is 162 g/mol. The van der Waals surface area contributed by atoms with Gasteiger partial charge in [0.2, 0.25) is 0 Å². The molecule has 0 aliphatic heterocycles. The van der Waals surface area contributed by atoms with Crippen LogP contribution in [0.25, 0.3) is 0 Å². The quantitative estimate of drug-likeness (QED) is 0.769. The Hall–Kier alpha value is -1.12. The highest BCUT2D eigenvalue weighted by atomic mass is 15.1. The molecule has 1 fully saturated rings. The largest absolute Gasteiger partial charge is 0.367 e. The maximum atomic E-state index is 4.22. The van der Waals surface area contributed by atoms with Crippen LogP contribution in [0.3, 0.4) is 0 Å². The molecule has 3 heteroatoms. The van der Waals surface area contributed by atoms with Crippen molar-refractivity contribution < 1.29 is 0 Å². The third-order valence-electron chi connectivity index (χ3n) is 2.21. The van der Waals surface area contributed by atoms with Gasteiger partial charge in [-0.05, 0) is 18.8 Å². The number of hydrogen-bond donors (Lipinski definition) is 1. The highest BCUT2D eigenvalue weighted by Gasteiger charge is 2.21. The lowest BCUT2D eigenvalue weighted by Gasteiger charge is -2.07. The fraction of sp³-hybridized carbons (Fsp3) is 0.600. The van der Waals surface area contributed by atoms with Crippen molar-refractivity contribution in [2.45, 2.75) is 38.6 Å². The number of aromatic nitrogens is 2. The van der Waals surface area contributed by atoms with Crippen LogP contribution in [-0.2, 0) is 0 Å². The van der Waals surface area contributed by atoms with E-state index in [2.05, 4.69) is 29.1 Å². The molecule has 1 heterocycles. The Morgan fingerprint density at radius 2 is 2.15 bits per heavy atom. The third kappa shape index (κ3) is 2.17. The van der Waals surface area contributed by atoms with Gasteiger partial charge < -0.3 is 5.32 Å². The van der Waals surface area contributed by atoms with E-state index in [4.69, 9.17) is 0 Å². The monoisotopic (exact) mass is 177 g/mol. The molecule has 0 saturated heterocycles. The zero-order valence-corrected chi connectivity index (χ0v) is 8.12. The van der Waals surface area contributed by atoms with Crippen molar-refractivity contribution in [2.24, 2.45) is 0 Å². The van der Waals surface area contributed by atoms with E-state index in [1.54, 1.807) is 6.33 Å². The SMILES string of the molecule is CC(C)c1cc(NC2CC2)ncn1. The Balaban J connectivity index is 2.11. The summed E-state index contributed by atoms with van der Waals surface area (Å²) >= 11 is 0. The molecule has 2 rings (SSSR count). The maximum absolute atomic E-state index is 4.22. The van der Waals surface area contributed by atoms with Crippen molar-refractivity contribution in [3.8, 4) is 0 Å². The van der Waals surface area contributed by atoms with Crippen LogP contribution in [0.4, 0.5) is 5.82 Å². The van der Waals surface area contributed by atoms with E-state index in [9.17, 15) is 0 Å². The number of nitrogens with one attached hydrogen (secondary N) is 1. The predicted octanol–water partition coefficient (Wildman–Crippen LogP) is 2.17. The van der Waals surface area contributed by atoms with Gasteiger partial charge in [0.15, 0.2) is 0 Å². The molecule has 0 atom stereocenters. The van der Waals surface area contributed by atoms with Crippen molar-refractivity contribution >= 4 is 5.82 Å². The first-order valence-corrected chi connectivity index (χ1v) is 4.84. The number of anilines is 1. The second-order valence-corrected chi connectivity index (χ2v) is 3.90. The molecule has 0 spiro atoms. The lowest BCUT2D eigenvalue weighted by atomic mass is 10.1. The van der Waals surface area contributed by atoms with E-state index >= 15 is 0 Å². The summed E-state index contributed by atoms with van der Waals surface area (Å²) in [4.78, 5) is 8.40. The van der Waals surface area contributed by atoms with Gasteiger partial charge in [0.1, 0.15) is 12.1 Å². The first-order chi connectivity index (χ1) is 6.25. The van der Waals surface area contributed by atoms with Crippen LogP contribution < -0.4 is 5.32 Å². The van der Waals surface area contributed by atoms with E-state index in [-0.39, 0.29) is 0 Å². The minimum absolute atomic E-state index is 0.475. The fourth-order valence-corrected chi connectivity index (χ4v) is 1.20. The molecule has 70 valence electrons. The Morgan fingerprint density at radius 3 is 2.77 bits per heavy atom. The molecule has 1 aliphatic carbocycles. The molecule has 1 aliphatic rings. The van der Waals surface area contributed by atoms with Crippen LogP contribution in [0.1, 0.15) is 38.3 Å². The maximum Gasteiger partial charge on any atom is 0.129 e. The van der Waals surface area contributed by atoms with Gasteiger partial charge in [-0.2, -0.15) is 0 Å². The average molecular weight is 177 g/mol. The summed E-state index contributed by atoms with van der Waals surface area (Å²) in [5.74, 6) is 1.45. The Bertz CT molecular complexity index is 292. The summed E-state index contributed by atoms with van der Waals surface area (Å²) < 4.78 is 0. The zero-order chi connectivity index (χ0) is 9.26. The van der Waals surface area contributed by atoms with Crippen molar-refractivity contribution in [1.29, 1.82) is 0 Å². The number of rotatable bonds is 3. The minimum atomic E-state index is 0.475. The molecule has 0 amide bonds. The summed E-state index contributed by atoms with van der Waals surface area (Å²) in [5.41, 5.74) is 1.11. The standard InChI is InChI=1S/C10H15N3/c1-7(2)9-5-10(12-6-11-9)13-8-3-4-8/h5-8H,3-4H2,1-2H3,(H,11,12,13). The van der Waals surface area contributed by atoms with E-state index in [0.29, 0.717) is 12.0 Å². The second-order valence-electron chi connectivity index (χ2n) is 3.90.